The molecule has 8 nitrogen and oxygen atoms in total. The van der Waals surface area contributed by atoms with Crippen molar-refractivity contribution in [1.82, 2.24) is 19.4 Å². The van der Waals surface area contributed by atoms with Crippen molar-refractivity contribution in [2.75, 3.05) is 47.3 Å². The number of hydrogen-bond donors (Lipinski definition) is 1. The Balaban J connectivity index is 1.94. The van der Waals surface area contributed by atoms with Gasteiger partial charge in [-0.25, -0.2) is 8.42 Å². The van der Waals surface area contributed by atoms with Crippen LogP contribution in [-0.4, -0.2) is 88.3 Å². The second-order valence-electron chi connectivity index (χ2n) is 7.18. The van der Waals surface area contributed by atoms with E-state index < -0.39 is 16.1 Å². The van der Waals surface area contributed by atoms with E-state index in [2.05, 4.69) is 20.7 Å². The first-order valence-electron chi connectivity index (χ1n) is 9.20. The van der Waals surface area contributed by atoms with Crippen LogP contribution in [0, 0.1) is 0 Å². The van der Waals surface area contributed by atoms with Crippen molar-refractivity contribution < 1.29 is 18.0 Å². The van der Waals surface area contributed by atoms with E-state index in [4.69, 9.17) is 0 Å². The molecule has 0 saturated carbocycles. The zero-order valence-electron chi connectivity index (χ0n) is 16.8. The number of carbonyl (C=O) groups is 2. The van der Waals surface area contributed by atoms with Gasteiger partial charge in [0.25, 0.3) is 0 Å². The van der Waals surface area contributed by atoms with Crippen LogP contribution in [0.4, 0.5) is 0 Å². The van der Waals surface area contributed by atoms with Crippen molar-refractivity contribution in [3.8, 4) is 0 Å². The van der Waals surface area contributed by atoms with E-state index >= 15 is 0 Å². The van der Waals surface area contributed by atoms with E-state index in [9.17, 15) is 18.0 Å². The van der Waals surface area contributed by atoms with Gasteiger partial charge in [0.1, 0.15) is 6.04 Å². The molecule has 11 heteroatoms. The lowest BCUT2D eigenvalue weighted by Crippen LogP contribution is -2.54. The SMILES string of the molecule is CN(C)CCN(C)C(=O)CN1CCC[C@H](NS(=O)(=O)/C=C/c2ccc(Br)s2)C1=O. The molecule has 0 aliphatic carbocycles. The smallest absolute Gasteiger partial charge is 0.241 e. The molecule has 1 aromatic rings. The van der Waals surface area contributed by atoms with Crippen molar-refractivity contribution in [1.29, 1.82) is 0 Å². The van der Waals surface area contributed by atoms with Crippen LogP contribution in [0.1, 0.15) is 17.7 Å². The summed E-state index contributed by atoms with van der Waals surface area (Å²) in [5.41, 5.74) is 0. The minimum absolute atomic E-state index is 0.0416. The molecule has 1 N–H and O–H groups in total. The maximum Gasteiger partial charge on any atom is 0.241 e. The fraction of sp³-hybridized carbons (Fsp3) is 0.556. The molecule has 2 rings (SSSR count). The van der Waals surface area contributed by atoms with E-state index in [-0.39, 0.29) is 18.4 Å². The molecule has 1 saturated heterocycles. The molecular formula is C18H27BrN4O4S2. The summed E-state index contributed by atoms with van der Waals surface area (Å²) in [5.74, 6) is -0.520. The average molecular weight is 507 g/mol. The number of nitrogens with one attached hydrogen (secondary N) is 1. The van der Waals surface area contributed by atoms with E-state index in [0.29, 0.717) is 25.9 Å². The summed E-state index contributed by atoms with van der Waals surface area (Å²) in [6.07, 6.45) is 2.54. The molecule has 0 spiro atoms. The molecule has 1 atom stereocenters. The monoisotopic (exact) mass is 506 g/mol. The number of nitrogens with zero attached hydrogens (tertiary/aromatic N) is 3. The molecule has 1 aromatic heterocycles. The third-order valence-electron chi connectivity index (χ3n) is 4.48. The van der Waals surface area contributed by atoms with Crippen molar-refractivity contribution in [2.24, 2.45) is 0 Å². The van der Waals surface area contributed by atoms with E-state index in [1.54, 1.807) is 18.0 Å². The molecule has 162 valence electrons. The number of rotatable bonds is 9. The molecule has 0 unspecified atom stereocenters. The molecular weight excluding hydrogens is 480 g/mol. The molecule has 2 amide bonds. The highest BCUT2D eigenvalue weighted by atomic mass is 79.9. The fourth-order valence-electron chi connectivity index (χ4n) is 2.78. The highest BCUT2D eigenvalue weighted by molar-refractivity contribution is 9.11. The van der Waals surface area contributed by atoms with Crippen molar-refractivity contribution in [3.63, 3.8) is 0 Å². The van der Waals surface area contributed by atoms with E-state index in [1.165, 1.54) is 22.3 Å². The topological polar surface area (TPSA) is 90.0 Å². The second kappa shape index (κ2) is 10.7. The number of likely N-dealkylation sites (tertiary alicyclic amines) is 1. The first-order valence-corrected chi connectivity index (χ1v) is 12.4. The van der Waals surface area contributed by atoms with Gasteiger partial charge < -0.3 is 14.7 Å². The number of likely N-dealkylation sites (N-methyl/N-ethyl adjacent to an activating group) is 2. The van der Waals surface area contributed by atoms with Crippen molar-refractivity contribution in [3.05, 3.63) is 26.2 Å². The van der Waals surface area contributed by atoms with E-state index in [0.717, 1.165) is 20.6 Å². The number of carbonyl (C=O) groups excluding carboxylic acids is 2. The molecule has 0 radical (unpaired) electrons. The Morgan fingerprint density at radius 1 is 1.34 bits per heavy atom. The minimum Gasteiger partial charge on any atom is -0.343 e. The lowest BCUT2D eigenvalue weighted by Gasteiger charge is -2.33. The van der Waals surface area contributed by atoms with Gasteiger partial charge in [-0.15, -0.1) is 11.3 Å². The van der Waals surface area contributed by atoms with E-state index in [1.807, 2.05) is 25.1 Å². The molecule has 2 heterocycles. The number of halogens is 1. The molecule has 1 aliphatic rings. The van der Waals surface area contributed by atoms with Crippen LogP contribution < -0.4 is 4.72 Å². The van der Waals surface area contributed by atoms with Crippen LogP contribution in [0.15, 0.2) is 21.3 Å². The van der Waals surface area contributed by atoms with Gasteiger partial charge in [-0.3, -0.25) is 9.59 Å². The maximum absolute atomic E-state index is 12.7. The lowest BCUT2D eigenvalue weighted by atomic mass is 10.1. The summed E-state index contributed by atoms with van der Waals surface area (Å²) >= 11 is 4.74. The summed E-state index contributed by atoms with van der Waals surface area (Å²) < 4.78 is 28.1. The summed E-state index contributed by atoms with van der Waals surface area (Å²) in [6, 6.07) is 2.78. The van der Waals surface area contributed by atoms with Crippen LogP contribution in [-0.2, 0) is 19.6 Å². The zero-order chi connectivity index (χ0) is 21.6. The Kier molecular flexibility index (Phi) is 8.83. The van der Waals surface area contributed by atoms with Gasteiger partial charge in [0.15, 0.2) is 0 Å². The summed E-state index contributed by atoms with van der Waals surface area (Å²) in [7, 11) is 1.78. The average Bonchev–Trinajstić information content (AvgIpc) is 3.06. The predicted molar refractivity (Wildman–Crippen MR) is 119 cm³/mol. The number of sulfonamides is 1. The quantitative estimate of drug-likeness (QED) is 0.546. The Labute approximate surface area is 184 Å². The standard InChI is InChI=1S/C18H27BrN4O4S2/c1-21(2)10-11-22(3)17(24)13-23-9-4-5-15(18(23)25)20-29(26,27)12-8-14-6-7-16(19)28-14/h6-8,12,15,20H,4-5,9-11,13H2,1-3H3/b12-8+/t15-/m0/s1. The Hall–Kier alpha value is -1.27. The molecule has 1 fully saturated rings. The second-order valence-corrected chi connectivity index (χ2v) is 11.3. The van der Waals surface area contributed by atoms with Gasteiger partial charge in [-0.1, -0.05) is 0 Å². The highest BCUT2D eigenvalue weighted by Crippen LogP contribution is 2.23. The Morgan fingerprint density at radius 2 is 2.07 bits per heavy atom. The number of piperidine rings is 1. The van der Waals surface area contributed by atoms with Gasteiger partial charge in [0, 0.05) is 37.0 Å². The molecule has 1 aliphatic heterocycles. The Bertz CT molecular complexity index is 854. The third-order valence-corrected chi connectivity index (χ3v) is 7.17. The predicted octanol–water partition coefficient (Wildman–Crippen LogP) is 1.41. The largest absolute Gasteiger partial charge is 0.343 e. The van der Waals surface area contributed by atoms with Gasteiger partial charge in [0.2, 0.25) is 21.8 Å². The highest BCUT2D eigenvalue weighted by Gasteiger charge is 2.32. The molecule has 0 bridgehead atoms. The molecule has 0 aromatic carbocycles. The van der Waals surface area contributed by atoms with Crippen LogP contribution >= 0.6 is 27.3 Å². The van der Waals surface area contributed by atoms with Gasteiger partial charge in [-0.05, 0) is 61.1 Å². The van der Waals surface area contributed by atoms with Gasteiger partial charge in [-0.2, -0.15) is 4.72 Å². The number of thiophene rings is 1. The van der Waals surface area contributed by atoms with Crippen LogP contribution in [0.25, 0.3) is 6.08 Å². The van der Waals surface area contributed by atoms with Crippen molar-refractivity contribution in [2.45, 2.75) is 18.9 Å². The third kappa shape index (κ3) is 7.82. The van der Waals surface area contributed by atoms with Crippen molar-refractivity contribution >= 4 is 55.2 Å². The first-order chi connectivity index (χ1) is 13.6. The fourth-order valence-corrected chi connectivity index (χ4v) is 5.21. The van der Waals surface area contributed by atoms with Crippen LogP contribution in [0.2, 0.25) is 0 Å². The normalized spacial score (nSPS) is 18.0. The number of amides is 2. The Morgan fingerprint density at radius 3 is 2.69 bits per heavy atom. The number of hydrogen-bond acceptors (Lipinski definition) is 6. The van der Waals surface area contributed by atoms with Crippen LogP contribution in [0.5, 0.6) is 0 Å². The molecule has 29 heavy (non-hydrogen) atoms. The summed E-state index contributed by atoms with van der Waals surface area (Å²) in [6.45, 7) is 1.70. The summed E-state index contributed by atoms with van der Waals surface area (Å²) in [5, 5.41) is 1.07. The first kappa shape index (κ1) is 24.0. The minimum atomic E-state index is -3.78. The summed E-state index contributed by atoms with van der Waals surface area (Å²) in [4.78, 5) is 30.9. The maximum atomic E-state index is 12.7. The van der Waals surface area contributed by atoms with Gasteiger partial charge >= 0.3 is 0 Å². The van der Waals surface area contributed by atoms with Gasteiger partial charge in [0.05, 0.1) is 10.3 Å². The van der Waals surface area contributed by atoms with Crippen LogP contribution in [0.3, 0.4) is 0 Å². The zero-order valence-corrected chi connectivity index (χ0v) is 20.0. The lowest BCUT2D eigenvalue weighted by molar-refractivity contribution is -0.142.